The lowest BCUT2D eigenvalue weighted by Gasteiger charge is -2.26. The van der Waals surface area contributed by atoms with Crippen LogP contribution in [0.15, 0.2) is 23.4 Å². The van der Waals surface area contributed by atoms with Crippen molar-refractivity contribution in [1.82, 2.24) is 14.3 Å². The summed E-state index contributed by atoms with van der Waals surface area (Å²) >= 11 is 1.72. The number of hydrogen-bond acceptors (Lipinski definition) is 6. The summed E-state index contributed by atoms with van der Waals surface area (Å²) in [7, 11) is -2.11. The first-order valence-corrected chi connectivity index (χ1v) is 10.7. The highest BCUT2D eigenvalue weighted by Gasteiger charge is 2.31. The maximum Gasteiger partial charge on any atom is 0.264 e. The summed E-state index contributed by atoms with van der Waals surface area (Å²) in [5, 5.41) is 1.02. The number of sulfonamides is 1. The van der Waals surface area contributed by atoms with E-state index in [0.717, 1.165) is 30.0 Å². The third-order valence-electron chi connectivity index (χ3n) is 4.35. The van der Waals surface area contributed by atoms with E-state index in [1.807, 2.05) is 13.8 Å². The first-order valence-electron chi connectivity index (χ1n) is 8.43. The molecule has 2 aromatic rings. The molecule has 1 unspecified atom stereocenters. The van der Waals surface area contributed by atoms with Crippen LogP contribution in [0.2, 0.25) is 0 Å². The number of thiazole rings is 1. The number of hydrogen-bond donors (Lipinski definition) is 0. The second-order valence-corrected chi connectivity index (χ2v) is 9.40. The molecule has 0 saturated carbocycles. The Kier molecular flexibility index (Phi) is 5.41. The molecule has 0 aliphatic heterocycles. The van der Waals surface area contributed by atoms with Gasteiger partial charge in [0.2, 0.25) is 5.03 Å². The lowest BCUT2D eigenvalue weighted by Crippen LogP contribution is -2.33. The monoisotopic (exact) mass is 381 g/mol. The quantitative estimate of drug-likeness (QED) is 0.769. The first kappa shape index (κ1) is 18.3. The van der Waals surface area contributed by atoms with Gasteiger partial charge in [-0.3, -0.25) is 0 Å². The molecule has 0 spiro atoms. The number of aryl methyl sites for hydroxylation is 2. The molecule has 2 aromatic heterocycles. The first-order chi connectivity index (χ1) is 11.9. The van der Waals surface area contributed by atoms with Gasteiger partial charge < -0.3 is 4.74 Å². The molecule has 2 heterocycles. The van der Waals surface area contributed by atoms with Crippen molar-refractivity contribution in [2.45, 2.75) is 44.1 Å². The van der Waals surface area contributed by atoms with E-state index in [1.54, 1.807) is 30.5 Å². The maximum atomic E-state index is 13.0. The van der Waals surface area contributed by atoms with Crippen LogP contribution >= 0.6 is 11.3 Å². The summed E-state index contributed by atoms with van der Waals surface area (Å²) < 4.78 is 32.8. The lowest BCUT2D eigenvalue weighted by atomic mass is 9.91. The van der Waals surface area contributed by atoms with Gasteiger partial charge in [0.1, 0.15) is 0 Å². The SMILES string of the molecule is CCOc1cccnc1S(=O)(=O)N(C)CC1CCCc2sc(C)nc21. The van der Waals surface area contributed by atoms with E-state index < -0.39 is 10.0 Å². The van der Waals surface area contributed by atoms with Gasteiger partial charge in [0.05, 0.1) is 17.3 Å². The number of pyridine rings is 1. The van der Waals surface area contributed by atoms with E-state index in [1.165, 1.54) is 15.4 Å². The van der Waals surface area contributed by atoms with Gasteiger partial charge in [0.25, 0.3) is 10.0 Å². The fourth-order valence-corrected chi connectivity index (χ4v) is 5.51. The van der Waals surface area contributed by atoms with Gasteiger partial charge in [-0.2, -0.15) is 4.31 Å². The Morgan fingerprint density at radius 3 is 3.00 bits per heavy atom. The second-order valence-electron chi connectivity index (χ2n) is 6.16. The van der Waals surface area contributed by atoms with Gasteiger partial charge in [-0.25, -0.2) is 18.4 Å². The zero-order chi connectivity index (χ0) is 18.0. The number of ether oxygens (including phenoxy) is 1. The molecule has 0 fully saturated rings. The molecular formula is C17H23N3O3S2. The van der Waals surface area contributed by atoms with Crippen LogP contribution in [-0.4, -0.2) is 42.9 Å². The van der Waals surface area contributed by atoms with Gasteiger partial charge in [0.15, 0.2) is 5.75 Å². The average Bonchev–Trinajstić information content (AvgIpc) is 2.97. The lowest BCUT2D eigenvalue weighted by molar-refractivity contribution is 0.325. The molecular weight excluding hydrogens is 358 g/mol. The molecule has 1 atom stereocenters. The van der Waals surface area contributed by atoms with Crippen LogP contribution in [0.25, 0.3) is 0 Å². The molecule has 0 saturated heterocycles. The van der Waals surface area contributed by atoms with E-state index >= 15 is 0 Å². The van der Waals surface area contributed by atoms with Gasteiger partial charge >= 0.3 is 0 Å². The highest BCUT2D eigenvalue weighted by Crippen LogP contribution is 2.36. The van der Waals surface area contributed by atoms with Gasteiger partial charge in [-0.15, -0.1) is 11.3 Å². The number of nitrogens with zero attached hydrogens (tertiary/aromatic N) is 3. The molecule has 0 radical (unpaired) electrons. The fraction of sp³-hybridized carbons (Fsp3) is 0.529. The molecule has 0 aromatic carbocycles. The number of rotatable bonds is 6. The van der Waals surface area contributed by atoms with E-state index in [2.05, 4.69) is 9.97 Å². The van der Waals surface area contributed by atoms with Crippen molar-refractivity contribution in [3.8, 4) is 5.75 Å². The Bertz CT molecular complexity index is 849. The number of likely N-dealkylation sites (N-methyl/N-ethyl adjacent to an activating group) is 1. The Morgan fingerprint density at radius 1 is 1.44 bits per heavy atom. The third-order valence-corrected chi connectivity index (χ3v) is 7.16. The maximum absolute atomic E-state index is 13.0. The molecule has 0 N–H and O–H groups in total. The molecule has 1 aliphatic rings. The molecule has 25 heavy (non-hydrogen) atoms. The van der Waals surface area contributed by atoms with E-state index in [-0.39, 0.29) is 10.9 Å². The Hall–Kier alpha value is -1.51. The predicted octanol–water partition coefficient (Wildman–Crippen LogP) is 2.99. The largest absolute Gasteiger partial charge is 0.491 e. The summed E-state index contributed by atoms with van der Waals surface area (Å²) in [4.78, 5) is 10.0. The van der Waals surface area contributed by atoms with Crippen LogP contribution < -0.4 is 4.74 Å². The molecule has 6 nitrogen and oxygen atoms in total. The molecule has 0 bridgehead atoms. The second kappa shape index (κ2) is 7.39. The summed E-state index contributed by atoms with van der Waals surface area (Å²) in [6.45, 7) is 4.62. The highest BCUT2D eigenvalue weighted by molar-refractivity contribution is 7.89. The fourth-order valence-electron chi connectivity index (χ4n) is 3.20. The van der Waals surface area contributed by atoms with Crippen molar-refractivity contribution in [3.05, 3.63) is 33.9 Å². The van der Waals surface area contributed by atoms with Gasteiger partial charge in [-0.05, 0) is 45.2 Å². The number of fused-ring (bicyclic) bond motifs is 1. The van der Waals surface area contributed by atoms with Crippen LogP contribution in [0.5, 0.6) is 5.75 Å². The third kappa shape index (κ3) is 3.70. The highest BCUT2D eigenvalue weighted by atomic mass is 32.2. The zero-order valence-corrected chi connectivity index (χ0v) is 16.4. The van der Waals surface area contributed by atoms with Crippen molar-refractivity contribution in [2.24, 2.45) is 0 Å². The molecule has 1 aliphatic carbocycles. The Labute approximate surface area is 152 Å². The minimum absolute atomic E-state index is 0.0233. The molecule has 0 amide bonds. The summed E-state index contributed by atoms with van der Waals surface area (Å²) in [6, 6.07) is 3.31. The Morgan fingerprint density at radius 2 is 2.24 bits per heavy atom. The average molecular weight is 382 g/mol. The van der Waals surface area contributed by atoms with Crippen molar-refractivity contribution < 1.29 is 13.2 Å². The van der Waals surface area contributed by atoms with E-state index in [9.17, 15) is 8.42 Å². The summed E-state index contributed by atoms with van der Waals surface area (Å²) in [5.74, 6) is 0.429. The van der Waals surface area contributed by atoms with Gasteiger partial charge in [-0.1, -0.05) is 0 Å². The topological polar surface area (TPSA) is 72.4 Å². The summed E-state index contributed by atoms with van der Waals surface area (Å²) in [5.41, 5.74) is 1.07. The Balaban J connectivity index is 1.85. The van der Waals surface area contributed by atoms with Crippen molar-refractivity contribution in [1.29, 1.82) is 0 Å². The van der Waals surface area contributed by atoms with Crippen molar-refractivity contribution in [3.63, 3.8) is 0 Å². The standard InChI is InChI=1S/C17H23N3O3S2/c1-4-23-14-8-6-10-18-17(14)25(21,22)20(3)11-13-7-5-9-15-16(13)19-12(2)24-15/h6,8,10,13H,4-5,7,9,11H2,1-3H3. The van der Waals surface area contributed by atoms with Crippen molar-refractivity contribution >= 4 is 21.4 Å². The molecule has 136 valence electrons. The normalized spacial score (nSPS) is 17.5. The molecule has 8 heteroatoms. The van der Waals surface area contributed by atoms with Gasteiger partial charge in [0, 0.05) is 30.6 Å². The minimum Gasteiger partial charge on any atom is -0.491 e. The zero-order valence-electron chi connectivity index (χ0n) is 14.7. The van der Waals surface area contributed by atoms with Crippen molar-refractivity contribution in [2.75, 3.05) is 20.2 Å². The van der Waals surface area contributed by atoms with E-state index in [0.29, 0.717) is 18.9 Å². The minimum atomic E-state index is -3.71. The smallest absolute Gasteiger partial charge is 0.264 e. The van der Waals surface area contributed by atoms with Crippen LogP contribution in [0.3, 0.4) is 0 Å². The van der Waals surface area contributed by atoms with Crippen LogP contribution in [0.4, 0.5) is 0 Å². The van der Waals surface area contributed by atoms with Crippen LogP contribution in [0, 0.1) is 6.92 Å². The summed E-state index contributed by atoms with van der Waals surface area (Å²) in [6.07, 6.45) is 4.55. The molecule has 3 rings (SSSR count). The van der Waals surface area contributed by atoms with Crippen LogP contribution in [-0.2, 0) is 16.4 Å². The van der Waals surface area contributed by atoms with Crippen LogP contribution in [0.1, 0.15) is 41.3 Å². The predicted molar refractivity (Wildman–Crippen MR) is 97.8 cm³/mol. The van der Waals surface area contributed by atoms with E-state index in [4.69, 9.17) is 4.74 Å². The number of aromatic nitrogens is 2.